The van der Waals surface area contributed by atoms with Gasteiger partial charge in [-0.05, 0) is 19.8 Å². The lowest BCUT2D eigenvalue weighted by Gasteiger charge is -2.20. The van der Waals surface area contributed by atoms with Gasteiger partial charge in [0.25, 0.3) is 0 Å². The van der Waals surface area contributed by atoms with E-state index in [9.17, 15) is 9.59 Å². The standard InChI is InChI=1S/C15H24N4O2S/c1-11-18-19-15(22-11)17-14(21)10-9-13(20)16-12-7-5-3-2-4-6-8-12/h12H,2-10H2,1H3,(H,16,20)(H,17,19,21). The third-order valence-corrected chi connectivity index (χ3v) is 4.58. The van der Waals surface area contributed by atoms with E-state index < -0.39 is 0 Å². The number of hydrogen-bond acceptors (Lipinski definition) is 5. The molecule has 0 atom stereocenters. The molecule has 22 heavy (non-hydrogen) atoms. The summed E-state index contributed by atoms with van der Waals surface area (Å²) in [7, 11) is 0. The van der Waals surface area contributed by atoms with Crippen LogP contribution in [-0.4, -0.2) is 28.1 Å². The smallest absolute Gasteiger partial charge is 0.226 e. The van der Waals surface area contributed by atoms with Crippen LogP contribution in [0.3, 0.4) is 0 Å². The molecule has 0 spiro atoms. The molecule has 1 saturated carbocycles. The highest BCUT2D eigenvalue weighted by Gasteiger charge is 2.15. The number of hydrogen-bond donors (Lipinski definition) is 2. The highest BCUT2D eigenvalue weighted by Crippen LogP contribution is 2.17. The Morgan fingerprint density at radius 1 is 1.05 bits per heavy atom. The van der Waals surface area contributed by atoms with Crippen LogP contribution in [0.5, 0.6) is 0 Å². The molecule has 2 N–H and O–H groups in total. The quantitative estimate of drug-likeness (QED) is 0.872. The van der Waals surface area contributed by atoms with Crippen molar-refractivity contribution in [3.05, 3.63) is 5.01 Å². The maximum absolute atomic E-state index is 12.0. The monoisotopic (exact) mass is 324 g/mol. The lowest BCUT2D eigenvalue weighted by molar-refractivity contribution is -0.125. The summed E-state index contributed by atoms with van der Waals surface area (Å²) in [5, 5.41) is 14.7. The first-order chi connectivity index (χ1) is 10.6. The van der Waals surface area contributed by atoms with Gasteiger partial charge in [-0.3, -0.25) is 9.59 Å². The number of rotatable bonds is 5. The fourth-order valence-corrected chi connectivity index (χ4v) is 3.26. The number of amides is 2. The van der Waals surface area contributed by atoms with E-state index >= 15 is 0 Å². The number of aryl methyl sites for hydroxylation is 1. The molecule has 1 aliphatic carbocycles. The van der Waals surface area contributed by atoms with Crippen LogP contribution in [0.15, 0.2) is 0 Å². The predicted molar refractivity (Wildman–Crippen MR) is 86.8 cm³/mol. The summed E-state index contributed by atoms with van der Waals surface area (Å²) >= 11 is 1.33. The summed E-state index contributed by atoms with van der Waals surface area (Å²) in [6.07, 6.45) is 8.71. The van der Waals surface area contributed by atoms with Crippen molar-refractivity contribution in [2.24, 2.45) is 0 Å². The van der Waals surface area contributed by atoms with Crippen LogP contribution in [0.2, 0.25) is 0 Å². The average molecular weight is 324 g/mol. The first-order valence-corrected chi connectivity index (χ1v) is 8.84. The lowest BCUT2D eigenvalue weighted by Crippen LogP contribution is -2.35. The summed E-state index contributed by atoms with van der Waals surface area (Å²) in [6.45, 7) is 1.83. The number of nitrogens with one attached hydrogen (secondary N) is 2. The van der Waals surface area contributed by atoms with Crippen LogP contribution in [0, 0.1) is 6.92 Å². The van der Waals surface area contributed by atoms with Crippen molar-refractivity contribution < 1.29 is 9.59 Å². The molecule has 122 valence electrons. The Morgan fingerprint density at radius 2 is 1.68 bits per heavy atom. The van der Waals surface area contributed by atoms with Gasteiger partial charge < -0.3 is 10.6 Å². The molecule has 1 heterocycles. The molecule has 0 aromatic carbocycles. The van der Waals surface area contributed by atoms with Crippen LogP contribution in [0.25, 0.3) is 0 Å². The van der Waals surface area contributed by atoms with E-state index in [-0.39, 0.29) is 30.7 Å². The maximum atomic E-state index is 12.0. The van der Waals surface area contributed by atoms with Gasteiger partial charge in [0.1, 0.15) is 5.01 Å². The van der Waals surface area contributed by atoms with Gasteiger partial charge in [-0.25, -0.2) is 0 Å². The summed E-state index contributed by atoms with van der Waals surface area (Å²) < 4.78 is 0. The number of nitrogens with zero attached hydrogens (tertiary/aromatic N) is 2. The first-order valence-electron chi connectivity index (χ1n) is 8.03. The molecular formula is C15H24N4O2S. The Balaban J connectivity index is 1.66. The topological polar surface area (TPSA) is 84.0 Å². The number of aromatic nitrogens is 2. The zero-order valence-corrected chi connectivity index (χ0v) is 13.9. The molecule has 0 aliphatic heterocycles. The largest absolute Gasteiger partial charge is 0.353 e. The molecule has 0 saturated heterocycles. The molecule has 1 aliphatic rings. The molecule has 0 bridgehead atoms. The Hall–Kier alpha value is -1.50. The number of carbonyl (C=O) groups is 2. The molecule has 2 rings (SSSR count). The van der Waals surface area contributed by atoms with E-state index in [1.165, 1.54) is 43.4 Å². The van der Waals surface area contributed by atoms with Crippen LogP contribution >= 0.6 is 11.3 Å². The van der Waals surface area contributed by atoms with Crippen molar-refractivity contribution in [3.8, 4) is 0 Å². The number of anilines is 1. The van der Waals surface area contributed by atoms with E-state index in [0.717, 1.165) is 17.8 Å². The fourth-order valence-electron chi connectivity index (χ4n) is 2.66. The first kappa shape index (κ1) is 16.9. The molecule has 0 unspecified atom stereocenters. The van der Waals surface area contributed by atoms with Gasteiger partial charge in [0.2, 0.25) is 16.9 Å². The van der Waals surface area contributed by atoms with Crippen molar-refractivity contribution in [1.82, 2.24) is 15.5 Å². The van der Waals surface area contributed by atoms with Gasteiger partial charge in [0, 0.05) is 18.9 Å². The van der Waals surface area contributed by atoms with E-state index in [0.29, 0.717) is 5.13 Å². The van der Waals surface area contributed by atoms with Crippen LogP contribution < -0.4 is 10.6 Å². The van der Waals surface area contributed by atoms with Crippen molar-refractivity contribution in [2.45, 2.75) is 70.8 Å². The van der Waals surface area contributed by atoms with Gasteiger partial charge in [-0.15, -0.1) is 10.2 Å². The molecule has 7 heteroatoms. The van der Waals surface area contributed by atoms with Crippen molar-refractivity contribution >= 4 is 28.3 Å². The van der Waals surface area contributed by atoms with Crippen molar-refractivity contribution in [3.63, 3.8) is 0 Å². The second-order valence-corrected chi connectivity index (χ2v) is 6.97. The van der Waals surface area contributed by atoms with Gasteiger partial charge >= 0.3 is 0 Å². The highest BCUT2D eigenvalue weighted by atomic mass is 32.1. The highest BCUT2D eigenvalue weighted by molar-refractivity contribution is 7.15. The molecular weight excluding hydrogens is 300 g/mol. The third kappa shape index (κ3) is 6.09. The van der Waals surface area contributed by atoms with E-state index in [1.54, 1.807) is 0 Å². The lowest BCUT2D eigenvalue weighted by atomic mass is 9.96. The van der Waals surface area contributed by atoms with Crippen LogP contribution in [0.1, 0.15) is 62.8 Å². The molecule has 0 radical (unpaired) electrons. The van der Waals surface area contributed by atoms with Gasteiger partial charge in [0.05, 0.1) is 0 Å². The van der Waals surface area contributed by atoms with Crippen molar-refractivity contribution in [1.29, 1.82) is 0 Å². The van der Waals surface area contributed by atoms with Gasteiger partial charge in [-0.1, -0.05) is 43.4 Å². The SMILES string of the molecule is Cc1nnc(NC(=O)CCC(=O)NC2CCCCCCC2)s1. The maximum Gasteiger partial charge on any atom is 0.226 e. The zero-order chi connectivity index (χ0) is 15.8. The second kappa shape index (κ2) is 8.82. The number of carbonyl (C=O) groups excluding carboxylic acids is 2. The summed E-state index contributed by atoms with van der Waals surface area (Å²) in [5.74, 6) is -0.224. The molecule has 1 fully saturated rings. The van der Waals surface area contributed by atoms with Crippen LogP contribution in [0.4, 0.5) is 5.13 Å². The Labute approximate surface area is 135 Å². The summed E-state index contributed by atoms with van der Waals surface area (Å²) in [5.41, 5.74) is 0. The second-order valence-electron chi connectivity index (χ2n) is 5.78. The van der Waals surface area contributed by atoms with E-state index in [4.69, 9.17) is 0 Å². The minimum absolute atomic E-state index is 0.0332. The molecule has 6 nitrogen and oxygen atoms in total. The zero-order valence-electron chi connectivity index (χ0n) is 13.1. The predicted octanol–water partition coefficient (Wildman–Crippen LogP) is 2.79. The summed E-state index contributed by atoms with van der Waals surface area (Å²) in [6, 6.07) is 0.279. The molecule has 1 aromatic rings. The normalized spacial score (nSPS) is 16.6. The van der Waals surface area contributed by atoms with E-state index in [2.05, 4.69) is 20.8 Å². The van der Waals surface area contributed by atoms with Gasteiger partial charge in [-0.2, -0.15) is 0 Å². The molecule has 1 aromatic heterocycles. The van der Waals surface area contributed by atoms with Gasteiger partial charge in [0.15, 0.2) is 0 Å². The average Bonchev–Trinajstić information content (AvgIpc) is 2.85. The van der Waals surface area contributed by atoms with Crippen LogP contribution in [-0.2, 0) is 9.59 Å². The van der Waals surface area contributed by atoms with E-state index in [1.807, 2.05) is 6.92 Å². The summed E-state index contributed by atoms with van der Waals surface area (Å²) in [4.78, 5) is 23.7. The van der Waals surface area contributed by atoms with Crippen molar-refractivity contribution in [2.75, 3.05) is 5.32 Å². The minimum atomic E-state index is -0.191. The minimum Gasteiger partial charge on any atom is -0.353 e. The Bertz CT molecular complexity index is 495. The Kier molecular flexibility index (Phi) is 6.76. The Morgan fingerprint density at radius 3 is 2.32 bits per heavy atom. The third-order valence-electron chi connectivity index (χ3n) is 3.82. The fraction of sp³-hybridized carbons (Fsp3) is 0.733. The molecule has 2 amide bonds.